The van der Waals surface area contributed by atoms with Crippen LogP contribution in [0.2, 0.25) is 0 Å². The molecule has 1 fully saturated rings. The van der Waals surface area contributed by atoms with Gasteiger partial charge in [0.1, 0.15) is 5.76 Å². The number of amides is 2. The molecule has 0 aliphatic carbocycles. The number of likely N-dealkylation sites (tertiary alicyclic amines) is 1. The molecule has 1 N–H and O–H groups in total. The molecule has 1 aromatic carbocycles. The van der Waals surface area contributed by atoms with Gasteiger partial charge in [0.25, 0.3) is 0 Å². The topological polar surface area (TPSA) is 58.0 Å². The van der Waals surface area contributed by atoms with E-state index in [0.29, 0.717) is 13.2 Å². The summed E-state index contributed by atoms with van der Waals surface area (Å²) in [7, 11) is 1.64. The van der Waals surface area contributed by atoms with Gasteiger partial charge in [-0.15, -0.1) is 0 Å². The Morgan fingerprint density at radius 3 is 2.78 bits per heavy atom. The first-order valence-corrected chi connectivity index (χ1v) is 9.60. The minimum Gasteiger partial charge on any atom is -0.468 e. The Morgan fingerprint density at radius 1 is 1.22 bits per heavy atom. The first-order chi connectivity index (χ1) is 13.2. The Morgan fingerprint density at radius 2 is 2.04 bits per heavy atom. The minimum atomic E-state index is -0.0330. The van der Waals surface area contributed by atoms with Crippen molar-refractivity contribution in [2.24, 2.45) is 0 Å². The van der Waals surface area contributed by atoms with Crippen molar-refractivity contribution >= 4 is 11.7 Å². The highest BCUT2D eigenvalue weighted by molar-refractivity contribution is 5.95. The van der Waals surface area contributed by atoms with Crippen LogP contribution in [-0.2, 0) is 16.7 Å². The number of furan rings is 1. The van der Waals surface area contributed by atoms with Crippen molar-refractivity contribution in [3.8, 4) is 0 Å². The van der Waals surface area contributed by atoms with Gasteiger partial charge in [-0.2, -0.15) is 0 Å². The van der Waals surface area contributed by atoms with Crippen molar-refractivity contribution in [3.05, 3.63) is 54.0 Å². The van der Waals surface area contributed by atoms with E-state index >= 15 is 0 Å². The molecule has 4 rings (SSSR count). The molecule has 1 aromatic heterocycles. The number of nitrogens with zero attached hydrogens (tertiary/aromatic N) is 2. The Balaban J connectivity index is 1.46. The summed E-state index contributed by atoms with van der Waals surface area (Å²) in [6, 6.07) is 12.3. The summed E-state index contributed by atoms with van der Waals surface area (Å²) in [6.07, 6.45) is 3.83. The molecule has 2 aliphatic rings. The van der Waals surface area contributed by atoms with Crippen LogP contribution in [0.15, 0.2) is 47.1 Å². The number of para-hydroxylation sites is 1. The van der Waals surface area contributed by atoms with Crippen LogP contribution in [-0.4, -0.2) is 50.8 Å². The number of piperidine rings is 1. The Hall–Kier alpha value is -2.31. The third kappa shape index (κ3) is 3.59. The molecular formula is C21H27N3O3. The molecule has 27 heavy (non-hydrogen) atoms. The number of anilines is 1. The highest BCUT2D eigenvalue weighted by atomic mass is 16.5. The maximum atomic E-state index is 12.7. The van der Waals surface area contributed by atoms with Crippen molar-refractivity contribution < 1.29 is 13.9 Å². The van der Waals surface area contributed by atoms with Crippen LogP contribution in [0, 0.1) is 0 Å². The second-order valence-electron chi connectivity index (χ2n) is 7.46. The number of ether oxygens (including phenoxy) is 1. The van der Waals surface area contributed by atoms with Crippen LogP contribution in [0.3, 0.4) is 0 Å². The molecule has 0 radical (unpaired) electrons. The predicted molar refractivity (Wildman–Crippen MR) is 104 cm³/mol. The number of fused-ring (bicyclic) bond motifs is 2. The van der Waals surface area contributed by atoms with Gasteiger partial charge in [0.05, 0.1) is 19.4 Å². The lowest BCUT2D eigenvalue weighted by Gasteiger charge is -2.39. The lowest BCUT2D eigenvalue weighted by Crippen LogP contribution is -2.48. The van der Waals surface area contributed by atoms with E-state index in [-0.39, 0.29) is 11.4 Å². The van der Waals surface area contributed by atoms with Gasteiger partial charge in [-0.05, 0) is 49.7 Å². The fourth-order valence-corrected chi connectivity index (χ4v) is 4.36. The van der Waals surface area contributed by atoms with Gasteiger partial charge in [0.2, 0.25) is 0 Å². The van der Waals surface area contributed by atoms with Gasteiger partial charge in [-0.25, -0.2) is 4.79 Å². The van der Waals surface area contributed by atoms with Crippen molar-refractivity contribution in [3.63, 3.8) is 0 Å². The van der Waals surface area contributed by atoms with Crippen LogP contribution in [0.25, 0.3) is 0 Å². The Bertz CT molecular complexity index is 767. The van der Waals surface area contributed by atoms with Crippen LogP contribution in [0.1, 0.15) is 24.2 Å². The number of urea groups is 1. The SMILES string of the molecule is COCCNC(=O)N1CC2(CCN(Cc3ccco3)CC2)c2ccccc21. The number of nitrogens with one attached hydrogen (secondary N) is 1. The van der Waals surface area contributed by atoms with Gasteiger partial charge in [0.15, 0.2) is 0 Å². The highest BCUT2D eigenvalue weighted by Crippen LogP contribution is 2.47. The number of hydrogen-bond donors (Lipinski definition) is 1. The van der Waals surface area contributed by atoms with E-state index in [1.807, 2.05) is 23.1 Å². The van der Waals surface area contributed by atoms with Crippen LogP contribution in [0.4, 0.5) is 10.5 Å². The number of carbonyl (C=O) groups excluding carboxylic acids is 1. The lowest BCUT2D eigenvalue weighted by atomic mass is 9.74. The predicted octanol–water partition coefficient (Wildman–Crippen LogP) is 2.99. The first kappa shape index (κ1) is 18.1. The first-order valence-electron chi connectivity index (χ1n) is 9.60. The van der Waals surface area contributed by atoms with Gasteiger partial charge >= 0.3 is 6.03 Å². The average molecular weight is 369 g/mol. The summed E-state index contributed by atoms with van der Waals surface area (Å²) < 4.78 is 10.5. The fourth-order valence-electron chi connectivity index (χ4n) is 4.36. The smallest absolute Gasteiger partial charge is 0.321 e. The largest absolute Gasteiger partial charge is 0.468 e. The number of carbonyl (C=O) groups is 1. The van der Waals surface area contributed by atoms with E-state index in [1.165, 1.54) is 5.56 Å². The fraction of sp³-hybridized carbons (Fsp3) is 0.476. The van der Waals surface area contributed by atoms with Crippen molar-refractivity contribution in [1.82, 2.24) is 10.2 Å². The molecule has 6 heteroatoms. The zero-order valence-corrected chi connectivity index (χ0v) is 15.8. The molecule has 0 atom stereocenters. The Kier molecular flexibility index (Phi) is 5.18. The molecular weight excluding hydrogens is 342 g/mol. The Labute approximate surface area is 160 Å². The van der Waals surface area contributed by atoms with Crippen LogP contribution >= 0.6 is 0 Å². The van der Waals surface area contributed by atoms with E-state index in [2.05, 4.69) is 28.4 Å². The molecule has 6 nitrogen and oxygen atoms in total. The standard InChI is InChI=1S/C21H27N3O3/c1-26-14-10-22-20(25)24-16-21(18-6-2-3-7-19(18)24)8-11-23(12-9-21)15-17-5-4-13-27-17/h2-7,13H,8-12,14-16H2,1H3,(H,22,25). The van der Waals surface area contributed by atoms with Gasteiger partial charge < -0.3 is 14.5 Å². The number of rotatable bonds is 5. The van der Waals surface area contributed by atoms with Gasteiger partial charge in [-0.3, -0.25) is 9.80 Å². The third-order valence-electron chi connectivity index (χ3n) is 5.83. The number of hydrogen-bond acceptors (Lipinski definition) is 4. The number of benzene rings is 1. The summed E-state index contributed by atoms with van der Waals surface area (Å²) >= 11 is 0. The van der Waals surface area contributed by atoms with E-state index in [0.717, 1.165) is 50.5 Å². The van der Waals surface area contributed by atoms with E-state index in [4.69, 9.17) is 9.15 Å². The maximum Gasteiger partial charge on any atom is 0.321 e. The quantitative estimate of drug-likeness (QED) is 0.823. The molecule has 144 valence electrons. The minimum absolute atomic E-state index is 0.0330. The summed E-state index contributed by atoms with van der Waals surface area (Å²) in [5, 5.41) is 2.97. The lowest BCUT2D eigenvalue weighted by molar-refractivity contribution is 0.150. The molecule has 0 bridgehead atoms. The van der Waals surface area contributed by atoms with E-state index < -0.39 is 0 Å². The zero-order chi connectivity index (χ0) is 18.7. The van der Waals surface area contributed by atoms with Gasteiger partial charge in [-0.1, -0.05) is 18.2 Å². The van der Waals surface area contributed by atoms with E-state index in [9.17, 15) is 4.79 Å². The molecule has 3 heterocycles. The third-order valence-corrected chi connectivity index (χ3v) is 5.83. The van der Waals surface area contributed by atoms with Crippen LogP contribution < -0.4 is 10.2 Å². The molecule has 2 aliphatic heterocycles. The van der Waals surface area contributed by atoms with Crippen LogP contribution in [0.5, 0.6) is 0 Å². The average Bonchev–Trinajstić information content (AvgIpc) is 3.31. The highest BCUT2D eigenvalue weighted by Gasteiger charge is 2.46. The normalized spacial score (nSPS) is 18.6. The van der Waals surface area contributed by atoms with Crippen molar-refractivity contribution in [1.29, 1.82) is 0 Å². The molecule has 1 spiro atoms. The van der Waals surface area contributed by atoms with Gasteiger partial charge in [0, 0.05) is 31.3 Å². The summed E-state index contributed by atoms with van der Waals surface area (Å²) in [5.74, 6) is 1.01. The zero-order valence-electron chi connectivity index (χ0n) is 15.8. The number of methoxy groups -OCH3 is 1. The second-order valence-corrected chi connectivity index (χ2v) is 7.46. The molecule has 2 aromatic rings. The second kappa shape index (κ2) is 7.74. The molecule has 0 saturated carbocycles. The monoisotopic (exact) mass is 369 g/mol. The summed E-state index contributed by atoms with van der Waals surface area (Å²) in [4.78, 5) is 17.1. The molecule has 2 amide bonds. The van der Waals surface area contributed by atoms with Crippen molar-refractivity contribution in [2.75, 3.05) is 44.8 Å². The van der Waals surface area contributed by atoms with Crippen molar-refractivity contribution in [2.45, 2.75) is 24.8 Å². The molecule has 0 unspecified atom stereocenters. The summed E-state index contributed by atoms with van der Waals surface area (Å²) in [5.41, 5.74) is 2.41. The summed E-state index contributed by atoms with van der Waals surface area (Å²) in [6.45, 7) is 4.67. The van der Waals surface area contributed by atoms with E-state index in [1.54, 1.807) is 13.4 Å². The maximum absolute atomic E-state index is 12.7. The molecule has 1 saturated heterocycles.